The Morgan fingerprint density at radius 3 is 2.14 bits per heavy atom. The number of alkyl halides is 3. The summed E-state index contributed by atoms with van der Waals surface area (Å²) in [7, 11) is 0. The lowest BCUT2D eigenvalue weighted by molar-refractivity contribution is -0.135. The lowest BCUT2D eigenvalue weighted by atomic mass is 10.0. The Morgan fingerprint density at radius 1 is 1.07 bits per heavy atom. The molecule has 1 atom stereocenters. The quantitative estimate of drug-likeness (QED) is 0.639. The molecule has 0 saturated heterocycles. The predicted molar refractivity (Wildman–Crippen MR) is 52.0 cm³/mol. The van der Waals surface area contributed by atoms with Crippen molar-refractivity contribution in [2.24, 2.45) is 5.73 Å². The van der Waals surface area contributed by atoms with Crippen LogP contribution in [-0.4, -0.2) is 12.2 Å². The van der Waals surface area contributed by atoms with Crippen molar-refractivity contribution in [2.75, 3.05) is 0 Å². The van der Waals surface area contributed by atoms with Crippen molar-refractivity contribution in [3.8, 4) is 0 Å². The molecule has 0 spiro atoms. The number of unbranched alkanes of at least 4 members (excludes halogenated alkanes) is 2. The SMILES string of the molecule is CCCCCC(N)CCCC(F)(F)F. The molecule has 1 nitrogen and oxygen atoms in total. The van der Waals surface area contributed by atoms with Gasteiger partial charge in [0, 0.05) is 12.5 Å². The topological polar surface area (TPSA) is 26.0 Å². The molecule has 0 heterocycles. The molecule has 4 heteroatoms. The van der Waals surface area contributed by atoms with Crippen LogP contribution in [0.5, 0.6) is 0 Å². The minimum absolute atomic E-state index is 0.0519. The van der Waals surface area contributed by atoms with Gasteiger partial charge in [0.25, 0.3) is 0 Å². The molecule has 1 unspecified atom stereocenters. The molecule has 0 aliphatic rings. The van der Waals surface area contributed by atoms with E-state index >= 15 is 0 Å². The fourth-order valence-corrected chi connectivity index (χ4v) is 1.37. The summed E-state index contributed by atoms with van der Waals surface area (Å²) >= 11 is 0. The van der Waals surface area contributed by atoms with Crippen molar-refractivity contribution in [1.29, 1.82) is 0 Å². The van der Waals surface area contributed by atoms with E-state index in [1.807, 2.05) is 0 Å². The summed E-state index contributed by atoms with van der Waals surface area (Å²) in [5.74, 6) is 0. The van der Waals surface area contributed by atoms with Gasteiger partial charge in [0.05, 0.1) is 0 Å². The number of hydrogen-bond acceptors (Lipinski definition) is 1. The molecule has 0 fully saturated rings. The fourth-order valence-electron chi connectivity index (χ4n) is 1.37. The second-order valence-corrected chi connectivity index (χ2v) is 3.76. The van der Waals surface area contributed by atoms with Gasteiger partial charge in [0.2, 0.25) is 0 Å². The number of halogens is 3. The minimum atomic E-state index is -4.02. The minimum Gasteiger partial charge on any atom is -0.328 e. The summed E-state index contributed by atoms with van der Waals surface area (Å²) in [6.07, 6.45) is 0.0508. The first-order valence-corrected chi connectivity index (χ1v) is 5.28. The maximum atomic E-state index is 11.8. The van der Waals surface area contributed by atoms with Crippen LogP contribution >= 0.6 is 0 Å². The zero-order valence-corrected chi connectivity index (χ0v) is 8.74. The van der Waals surface area contributed by atoms with Gasteiger partial charge in [-0.1, -0.05) is 26.2 Å². The van der Waals surface area contributed by atoms with E-state index in [0.717, 1.165) is 25.7 Å². The normalized spacial score (nSPS) is 14.4. The summed E-state index contributed by atoms with van der Waals surface area (Å²) < 4.78 is 35.3. The van der Waals surface area contributed by atoms with E-state index < -0.39 is 12.6 Å². The van der Waals surface area contributed by atoms with Gasteiger partial charge in [-0.3, -0.25) is 0 Å². The van der Waals surface area contributed by atoms with E-state index in [1.54, 1.807) is 0 Å². The Labute approximate surface area is 83.9 Å². The monoisotopic (exact) mass is 211 g/mol. The van der Waals surface area contributed by atoms with E-state index in [0.29, 0.717) is 6.42 Å². The second-order valence-electron chi connectivity index (χ2n) is 3.76. The molecule has 2 N–H and O–H groups in total. The number of rotatable bonds is 7. The summed E-state index contributed by atoms with van der Waals surface area (Å²) in [5, 5.41) is 0. The van der Waals surface area contributed by atoms with Crippen molar-refractivity contribution in [3.63, 3.8) is 0 Å². The first-order valence-electron chi connectivity index (χ1n) is 5.28. The molecule has 0 aliphatic carbocycles. The first-order chi connectivity index (χ1) is 6.45. The van der Waals surface area contributed by atoms with E-state index in [-0.39, 0.29) is 12.5 Å². The largest absolute Gasteiger partial charge is 0.389 e. The highest BCUT2D eigenvalue weighted by molar-refractivity contribution is 4.63. The lowest BCUT2D eigenvalue weighted by Crippen LogP contribution is -2.20. The van der Waals surface area contributed by atoms with Crippen LogP contribution in [0.4, 0.5) is 13.2 Å². The van der Waals surface area contributed by atoms with E-state index in [4.69, 9.17) is 5.73 Å². The van der Waals surface area contributed by atoms with Crippen molar-refractivity contribution in [1.82, 2.24) is 0 Å². The van der Waals surface area contributed by atoms with Gasteiger partial charge in [-0.2, -0.15) is 13.2 Å². The first kappa shape index (κ1) is 13.8. The average Bonchev–Trinajstić information content (AvgIpc) is 2.02. The Morgan fingerprint density at radius 2 is 1.64 bits per heavy atom. The van der Waals surface area contributed by atoms with Gasteiger partial charge in [-0.05, 0) is 19.3 Å². The molecule has 0 rings (SSSR count). The molecule has 0 aromatic heterocycles. The maximum absolute atomic E-state index is 11.8. The zero-order chi connectivity index (χ0) is 11.0. The molecular weight excluding hydrogens is 191 g/mol. The maximum Gasteiger partial charge on any atom is 0.389 e. The van der Waals surface area contributed by atoms with E-state index in [2.05, 4.69) is 6.92 Å². The van der Waals surface area contributed by atoms with Gasteiger partial charge >= 0.3 is 6.18 Å². The summed E-state index contributed by atoms with van der Waals surface area (Å²) in [6.45, 7) is 2.09. The lowest BCUT2D eigenvalue weighted by Gasteiger charge is -2.11. The number of hydrogen-bond donors (Lipinski definition) is 1. The Kier molecular flexibility index (Phi) is 6.97. The molecule has 0 saturated carbocycles. The van der Waals surface area contributed by atoms with Gasteiger partial charge < -0.3 is 5.73 Å². The molecule has 0 aromatic carbocycles. The second kappa shape index (κ2) is 7.10. The van der Waals surface area contributed by atoms with Crippen LogP contribution in [0.3, 0.4) is 0 Å². The highest BCUT2D eigenvalue weighted by Crippen LogP contribution is 2.22. The average molecular weight is 211 g/mol. The predicted octanol–water partition coefficient (Wildman–Crippen LogP) is 3.63. The third kappa shape index (κ3) is 9.84. The van der Waals surface area contributed by atoms with Crippen molar-refractivity contribution in [2.45, 2.75) is 64.1 Å². The summed E-state index contributed by atoms with van der Waals surface area (Å²) in [6, 6.07) is -0.0519. The molecule has 14 heavy (non-hydrogen) atoms. The fraction of sp³-hybridized carbons (Fsp3) is 1.00. The smallest absolute Gasteiger partial charge is 0.328 e. The van der Waals surface area contributed by atoms with Gasteiger partial charge in [0.15, 0.2) is 0 Å². The molecule has 0 amide bonds. The van der Waals surface area contributed by atoms with Crippen LogP contribution in [0.15, 0.2) is 0 Å². The highest BCUT2D eigenvalue weighted by Gasteiger charge is 2.26. The number of nitrogens with two attached hydrogens (primary N) is 1. The van der Waals surface area contributed by atoms with Crippen molar-refractivity contribution < 1.29 is 13.2 Å². The van der Waals surface area contributed by atoms with Gasteiger partial charge in [0.1, 0.15) is 0 Å². The Hall–Kier alpha value is -0.250. The molecule has 86 valence electrons. The molecule has 0 aromatic rings. The highest BCUT2D eigenvalue weighted by atomic mass is 19.4. The van der Waals surface area contributed by atoms with E-state index in [9.17, 15) is 13.2 Å². The molecule has 0 radical (unpaired) electrons. The van der Waals surface area contributed by atoms with Crippen molar-refractivity contribution >= 4 is 0 Å². The van der Waals surface area contributed by atoms with Gasteiger partial charge in [-0.25, -0.2) is 0 Å². The van der Waals surface area contributed by atoms with Gasteiger partial charge in [-0.15, -0.1) is 0 Å². The summed E-state index contributed by atoms with van der Waals surface area (Å²) in [5.41, 5.74) is 5.68. The Balaban J connectivity index is 3.31. The van der Waals surface area contributed by atoms with Crippen LogP contribution < -0.4 is 5.73 Å². The van der Waals surface area contributed by atoms with E-state index in [1.165, 1.54) is 0 Å². The molecule has 0 aliphatic heterocycles. The molecular formula is C10H20F3N. The van der Waals surface area contributed by atoms with Crippen LogP contribution in [0.2, 0.25) is 0 Å². The standard InChI is InChI=1S/C10H20F3N/c1-2-3-4-6-9(14)7-5-8-10(11,12)13/h9H,2-8,14H2,1H3. The van der Waals surface area contributed by atoms with Crippen LogP contribution in [0, 0.1) is 0 Å². The third-order valence-corrected chi connectivity index (χ3v) is 2.21. The van der Waals surface area contributed by atoms with Crippen molar-refractivity contribution in [3.05, 3.63) is 0 Å². The third-order valence-electron chi connectivity index (χ3n) is 2.21. The molecule has 0 bridgehead atoms. The Bertz CT molecular complexity index is 134. The zero-order valence-electron chi connectivity index (χ0n) is 8.74. The summed E-state index contributed by atoms with van der Waals surface area (Å²) in [4.78, 5) is 0. The van der Waals surface area contributed by atoms with Crippen LogP contribution in [0.1, 0.15) is 51.9 Å². The van der Waals surface area contributed by atoms with Crippen LogP contribution in [-0.2, 0) is 0 Å². The van der Waals surface area contributed by atoms with Crippen LogP contribution in [0.25, 0.3) is 0 Å².